The van der Waals surface area contributed by atoms with Crippen LogP contribution in [0.25, 0.3) is 0 Å². The first-order valence-electron chi connectivity index (χ1n) is 7.35. The lowest BCUT2D eigenvalue weighted by molar-refractivity contribution is -0.144. The van der Waals surface area contributed by atoms with Gasteiger partial charge in [-0.1, -0.05) is 29.3 Å². The molecule has 0 aliphatic heterocycles. The average molecular weight is 364 g/mol. The van der Waals surface area contributed by atoms with Gasteiger partial charge in [-0.15, -0.1) is 11.8 Å². The van der Waals surface area contributed by atoms with Crippen LogP contribution >= 0.6 is 23.4 Å². The molecule has 2 aromatic rings. The summed E-state index contributed by atoms with van der Waals surface area (Å²) in [6.07, 6.45) is 0. The summed E-state index contributed by atoms with van der Waals surface area (Å²) in [6, 6.07) is 12.9. The van der Waals surface area contributed by atoms with Crippen molar-refractivity contribution in [1.82, 2.24) is 0 Å². The second kappa shape index (κ2) is 8.76. The number of ether oxygens (including phenoxy) is 1. The SMILES string of the molecule is Cc1ccc(NC(=O)COC(=O)CSc2ccc(Cl)cc2)c(C)c1. The number of esters is 1. The zero-order valence-electron chi connectivity index (χ0n) is 13.5. The number of carbonyl (C=O) groups is 2. The number of amides is 1. The molecule has 0 aliphatic rings. The molecule has 0 saturated carbocycles. The zero-order chi connectivity index (χ0) is 17.5. The molecule has 2 rings (SSSR count). The van der Waals surface area contributed by atoms with E-state index < -0.39 is 5.97 Å². The zero-order valence-corrected chi connectivity index (χ0v) is 15.0. The van der Waals surface area contributed by atoms with Crippen LogP contribution in [0.15, 0.2) is 47.4 Å². The Bertz CT molecular complexity index is 732. The molecule has 0 spiro atoms. The highest BCUT2D eigenvalue weighted by Crippen LogP contribution is 2.20. The Morgan fingerprint density at radius 1 is 1.12 bits per heavy atom. The van der Waals surface area contributed by atoms with Crippen molar-refractivity contribution in [2.45, 2.75) is 18.7 Å². The highest BCUT2D eigenvalue weighted by atomic mass is 35.5. The van der Waals surface area contributed by atoms with Gasteiger partial charge in [0.25, 0.3) is 5.91 Å². The standard InChI is InChI=1S/C18H18ClNO3S/c1-12-3-8-16(13(2)9-12)20-17(21)10-23-18(22)11-24-15-6-4-14(19)5-7-15/h3-9H,10-11H2,1-2H3,(H,20,21). The third-order valence-corrected chi connectivity index (χ3v) is 4.43. The number of rotatable bonds is 6. The minimum Gasteiger partial charge on any atom is -0.455 e. The van der Waals surface area contributed by atoms with Gasteiger partial charge >= 0.3 is 5.97 Å². The van der Waals surface area contributed by atoms with Gasteiger partial charge < -0.3 is 10.1 Å². The van der Waals surface area contributed by atoms with Crippen LogP contribution in [0.3, 0.4) is 0 Å². The van der Waals surface area contributed by atoms with Crippen molar-refractivity contribution in [3.8, 4) is 0 Å². The summed E-state index contributed by atoms with van der Waals surface area (Å²) in [7, 11) is 0. The maximum Gasteiger partial charge on any atom is 0.316 e. The number of hydrogen-bond acceptors (Lipinski definition) is 4. The molecule has 4 nitrogen and oxygen atoms in total. The monoisotopic (exact) mass is 363 g/mol. The van der Waals surface area contributed by atoms with Gasteiger partial charge in [0, 0.05) is 15.6 Å². The minimum atomic E-state index is -0.439. The van der Waals surface area contributed by atoms with Crippen LogP contribution in [0.2, 0.25) is 5.02 Å². The van der Waals surface area contributed by atoms with Gasteiger partial charge in [0.1, 0.15) is 0 Å². The third kappa shape index (κ3) is 5.91. The first-order chi connectivity index (χ1) is 11.4. The Morgan fingerprint density at radius 3 is 2.50 bits per heavy atom. The van der Waals surface area contributed by atoms with Gasteiger partial charge in [-0.3, -0.25) is 9.59 Å². The molecule has 0 heterocycles. The lowest BCUT2D eigenvalue weighted by Crippen LogP contribution is -2.22. The molecule has 6 heteroatoms. The van der Waals surface area contributed by atoms with Crippen LogP contribution in [0, 0.1) is 13.8 Å². The van der Waals surface area contributed by atoms with Gasteiger partial charge in [-0.25, -0.2) is 0 Å². The Hall–Kier alpha value is -1.98. The molecule has 0 saturated heterocycles. The normalized spacial score (nSPS) is 10.3. The largest absolute Gasteiger partial charge is 0.455 e. The number of thioether (sulfide) groups is 1. The van der Waals surface area contributed by atoms with Crippen molar-refractivity contribution >= 4 is 40.9 Å². The molecule has 0 atom stereocenters. The molecule has 0 unspecified atom stereocenters. The summed E-state index contributed by atoms with van der Waals surface area (Å²) in [5.74, 6) is -0.657. The topological polar surface area (TPSA) is 55.4 Å². The summed E-state index contributed by atoms with van der Waals surface area (Å²) < 4.78 is 4.99. The summed E-state index contributed by atoms with van der Waals surface area (Å²) in [5.41, 5.74) is 2.81. The molecule has 2 aromatic carbocycles. The molecule has 0 aliphatic carbocycles. The molecule has 1 N–H and O–H groups in total. The van der Waals surface area contributed by atoms with Crippen LogP contribution in [0.1, 0.15) is 11.1 Å². The molecule has 0 fully saturated rings. The van der Waals surface area contributed by atoms with E-state index in [2.05, 4.69) is 5.32 Å². The van der Waals surface area contributed by atoms with Crippen LogP contribution in [-0.4, -0.2) is 24.2 Å². The molecule has 0 bridgehead atoms. The number of benzene rings is 2. The number of halogens is 1. The molecule has 0 aromatic heterocycles. The quantitative estimate of drug-likeness (QED) is 0.616. The van der Waals surface area contributed by atoms with E-state index in [0.717, 1.165) is 21.7 Å². The Morgan fingerprint density at radius 2 is 1.83 bits per heavy atom. The van der Waals surface area contributed by atoms with Crippen LogP contribution < -0.4 is 5.32 Å². The van der Waals surface area contributed by atoms with Crippen molar-refractivity contribution < 1.29 is 14.3 Å². The van der Waals surface area contributed by atoms with Gasteiger partial charge in [0.15, 0.2) is 6.61 Å². The van der Waals surface area contributed by atoms with Gasteiger partial charge in [0.2, 0.25) is 0 Å². The van der Waals surface area contributed by atoms with Crippen molar-refractivity contribution in [1.29, 1.82) is 0 Å². The molecule has 0 radical (unpaired) electrons. The average Bonchev–Trinajstić information content (AvgIpc) is 2.55. The van der Waals surface area contributed by atoms with E-state index in [1.165, 1.54) is 11.8 Å². The number of nitrogens with one attached hydrogen (secondary N) is 1. The van der Waals surface area contributed by atoms with Gasteiger partial charge in [-0.05, 0) is 49.7 Å². The summed E-state index contributed by atoms with van der Waals surface area (Å²) >= 11 is 7.13. The summed E-state index contributed by atoms with van der Waals surface area (Å²) in [6.45, 7) is 3.60. The number of aryl methyl sites for hydroxylation is 2. The Labute approximate surface area is 150 Å². The smallest absolute Gasteiger partial charge is 0.316 e. The summed E-state index contributed by atoms with van der Waals surface area (Å²) in [5, 5.41) is 3.38. The van der Waals surface area contributed by atoms with Crippen LogP contribution in [-0.2, 0) is 14.3 Å². The fourth-order valence-electron chi connectivity index (χ4n) is 2.00. The van der Waals surface area contributed by atoms with E-state index >= 15 is 0 Å². The molecule has 126 valence electrons. The van der Waals surface area contributed by atoms with Crippen molar-refractivity contribution in [3.05, 3.63) is 58.6 Å². The first kappa shape index (κ1) is 18.4. The predicted molar refractivity (Wildman–Crippen MR) is 97.7 cm³/mol. The Kier molecular flexibility index (Phi) is 6.70. The molecule has 24 heavy (non-hydrogen) atoms. The maximum atomic E-state index is 11.9. The highest BCUT2D eigenvalue weighted by Gasteiger charge is 2.09. The van der Waals surface area contributed by atoms with E-state index in [-0.39, 0.29) is 18.3 Å². The number of hydrogen-bond donors (Lipinski definition) is 1. The Balaban J connectivity index is 1.74. The summed E-state index contributed by atoms with van der Waals surface area (Å²) in [4.78, 5) is 24.5. The van der Waals surface area contributed by atoms with Gasteiger partial charge in [0.05, 0.1) is 5.75 Å². The maximum absolute atomic E-state index is 11.9. The molecular weight excluding hydrogens is 346 g/mol. The van der Waals surface area contributed by atoms with Crippen LogP contribution in [0.5, 0.6) is 0 Å². The van der Waals surface area contributed by atoms with Crippen molar-refractivity contribution in [2.24, 2.45) is 0 Å². The fourth-order valence-corrected chi connectivity index (χ4v) is 2.82. The minimum absolute atomic E-state index is 0.137. The lowest BCUT2D eigenvalue weighted by atomic mass is 10.1. The molecule has 1 amide bonds. The second-order valence-corrected chi connectivity index (χ2v) is 6.76. The van der Waals surface area contributed by atoms with Gasteiger partial charge in [-0.2, -0.15) is 0 Å². The highest BCUT2D eigenvalue weighted by molar-refractivity contribution is 8.00. The molecular formula is C18H18ClNO3S. The fraction of sp³-hybridized carbons (Fsp3) is 0.222. The third-order valence-electron chi connectivity index (χ3n) is 3.19. The van der Waals surface area contributed by atoms with E-state index in [1.807, 2.05) is 44.2 Å². The lowest BCUT2D eigenvalue weighted by Gasteiger charge is -2.09. The second-order valence-electron chi connectivity index (χ2n) is 5.27. The van der Waals surface area contributed by atoms with Crippen molar-refractivity contribution in [3.63, 3.8) is 0 Å². The predicted octanol–water partition coefficient (Wildman–Crippen LogP) is 4.23. The van der Waals surface area contributed by atoms with E-state index in [4.69, 9.17) is 16.3 Å². The number of carbonyl (C=O) groups excluding carboxylic acids is 2. The van der Waals surface area contributed by atoms with Crippen LogP contribution in [0.4, 0.5) is 5.69 Å². The van der Waals surface area contributed by atoms with E-state index in [1.54, 1.807) is 12.1 Å². The van der Waals surface area contributed by atoms with Crippen molar-refractivity contribution in [2.75, 3.05) is 17.7 Å². The van der Waals surface area contributed by atoms with E-state index in [0.29, 0.717) is 5.02 Å². The van der Waals surface area contributed by atoms with E-state index in [9.17, 15) is 9.59 Å². The first-order valence-corrected chi connectivity index (χ1v) is 8.71. The number of anilines is 1.